The zero-order valence-electron chi connectivity index (χ0n) is 7.82. The highest BCUT2D eigenvalue weighted by Gasteiger charge is 2.13. The topological polar surface area (TPSA) is 89.9 Å². The highest BCUT2D eigenvalue weighted by molar-refractivity contribution is 6.32. The molecule has 6 heteroatoms. The molecule has 1 N–H and O–H groups in total. The summed E-state index contributed by atoms with van der Waals surface area (Å²) in [5, 5.41) is 8.19. The van der Waals surface area contributed by atoms with Crippen LogP contribution in [0.5, 0.6) is 0 Å². The molecule has 0 heterocycles. The van der Waals surface area contributed by atoms with Crippen molar-refractivity contribution in [1.82, 2.24) is 0 Å². The lowest BCUT2D eigenvalue weighted by Crippen LogP contribution is -2.16. The Hall–Kier alpha value is -1.43. The Morgan fingerprint density at radius 2 is 1.79 bits per heavy atom. The molecule has 0 aromatic rings. The second kappa shape index (κ2) is 7.02. The van der Waals surface area contributed by atoms with Gasteiger partial charge in [-0.15, -0.1) is 0 Å². The molecular weight excluding hydrogens is 192 g/mol. The van der Waals surface area contributed by atoms with E-state index in [0.29, 0.717) is 0 Å². The van der Waals surface area contributed by atoms with E-state index in [-0.39, 0.29) is 26.1 Å². The summed E-state index contributed by atoms with van der Waals surface area (Å²) < 4.78 is 9.22. The predicted molar refractivity (Wildman–Crippen MR) is 44.7 cm³/mol. The van der Waals surface area contributed by atoms with Gasteiger partial charge >= 0.3 is 11.9 Å². The maximum Gasteiger partial charge on any atom is 0.372 e. The van der Waals surface area contributed by atoms with Crippen molar-refractivity contribution in [2.24, 2.45) is 0 Å². The molecule has 0 aliphatic rings. The quantitative estimate of drug-likeness (QED) is 0.345. The minimum absolute atomic E-state index is 0.108. The second-order valence-electron chi connectivity index (χ2n) is 2.44. The van der Waals surface area contributed by atoms with Crippen molar-refractivity contribution in [3.8, 4) is 0 Å². The predicted octanol–water partition coefficient (Wildman–Crippen LogP) is -0.390. The van der Waals surface area contributed by atoms with Crippen LogP contribution in [0.25, 0.3) is 0 Å². The molecule has 0 amide bonds. The van der Waals surface area contributed by atoms with Crippen LogP contribution >= 0.6 is 0 Å². The maximum absolute atomic E-state index is 10.8. The minimum atomic E-state index is -1.53. The van der Waals surface area contributed by atoms with Gasteiger partial charge in [0.05, 0.1) is 13.0 Å². The van der Waals surface area contributed by atoms with E-state index in [1.807, 2.05) is 0 Å². The molecule has 6 nitrogen and oxygen atoms in total. The number of ether oxygens (including phenoxy) is 2. The van der Waals surface area contributed by atoms with Gasteiger partial charge in [-0.05, 0) is 0 Å². The molecule has 14 heavy (non-hydrogen) atoms. The third-order valence-corrected chi connectivity index (χ3v) is 1.35. The molecule has 80 valence electrons. The van der Waals surface area contributed by atoms with Crippen molar-refractivity contribution in [3.05, 3.63) is 0 Å². The molecule has 0 saturated heterocycles. The lowest BCUT2D eigenvalue weighted by Gasteiger charge is -2.02. The Bertz CT molecular complexity index is 222. The molecule has 0 aliphatic heterocycles. The molecular formula is C8H12O6. The SMILES string of the molecule is COCCOC(=O)CCC(=O)C(=O)O. The Kier molecular flexibility index (Phi) is 6.30. The summed E-state index contributed by atoms with van der Waals surface area (Å²) in [5.74, 6) is -3.12. The third kappa shape index (κ3) is 6.13. The van der Waals surface area contributed by atoms with Crippen LogP contribution in [0.1, 0.15) is 12.8 Å². The van der Waals surface area contributed by atoms with Crippen LogP contribution in [-0.2, 0) is 23.9 Å². The van der Waals surface area contributed by atoms with Crippen LogP contribution in [0.2, 0.25) is 0 Å². The van der Waals surface area contributed by atoms with Crippen LogP contribution in [0.15, 0.2) is 0 Å². The van der Waals surface area contributed by atoms with Gasteiger partial charge in [0.2, 0.25) is 5.78 Å². The lowest BCUT2D eigenvalue weighted by atomic mass is 10.2. The number of carbonyl (C=O) groups excluding carboxylic acids is 2. The van der Waals surface area contributed by atoms with Crippen molar-refractivity contribution in [3.63, 3.8) is 0 Å². The Morgan fingerprint density at radius 1 is 1.14 bits per heavy atom. The van der Waals surface area contributed by atoms with E-state index in [1.54, 1.807) is 0 Å². The van der Waals surface area contributed by atoms with Crippen molar-refractivity contribution in [2.75, 3.05) is 20.3 Å². The van der Waals surface area contributed by atoms with Gasteiger partial charge in [0.15, 0.2) is 0 Å². The first-order valence-corrected chi connectivity index (χ1v) is 3.98. The highest BCUT2D eigenvalue weighted by atomic mass is 16.6. The first kappa shape index (κ1) is 12.6. The fourth-order valence-electron chi connectivity index (χ4n) is 0.634. The molecule has 0 spiro atoms. The van der Waals surface area contributed by atoms with Crippen LogP contribution in [0, 0.1) is 0 Å². The van der Waals surface area contributed by atoms with E-state index in [4.69, 9.17) is 5.11 Å². The van der Waals surface area contributed by atoms with E-state index in [0.717, 1.165) is 0 Å². The summed E-state index contributed by atoms with van der Waals surface area (Å²) in [6.45, 7) is 0.384. The largest absolute Gasteiger partial charge is 0.476 e. The number of aliphatic carboxylic acids is 1. The summed E-state index contributed by atoms with van der Waals surface area (Å²) >= 11 is 0. The van der Waals surface area contributed by atoms with E-state index in [1.165, 1.54) is 7.11 Å². The van der Waals surface area contributed by atoms with Crippen LogP contribution in [0.3, 0.4) is 0 Å². The summed E-state index contributed by atoms with van der Waals surface area (Å²) in [7, 11) is 1.46. The Labute approximate surface area is 80.8 Å². The molecule has 0 aliphatic carbocycles. The third-order valence-electron chi connectivity index (χ3n) is 1.35. The summed E-state index contributed by atoms with van der Waals surface area (Å²) in [5.41, 5.74) is 0. The molecule has 0 atom stereocenters. The smallest absolute Gasteiger partial charge is 0.372 e. The number of methoxy groups -OCH3 is 1. The normalized spacial score (nSPS) is 9.50. The fraction of sp³-hybridized carbons (Fsp3) is 0.625. The molecule has 0 unspecified atom stereocenters. The first-order chi connectivity index (χ1) is 6.57. The number of carbonyl (C=O) groups is 3. The minimum Gasteiger partial charge on any atom is -0.476 e. The van der Waals surface area contributed by atoms with Gasteiger partial charge in [-0.2, -0.15) is 0 Å². The zero-order valence-corrected chi connectivity index (χ0v) is 7.82. The fourth-order valence-corrected chi connectivity index (χ4v) is 0.634. The monoisotopic (exact) mass is 204 g/mol. The van der Waals surface area contributed by atoms with Gasteiger partial charge in [-0.1, -0.05) is 0 Å². The molecule has 0 radical (unpaired) electrons. The number of esters is 1. The zero-order chi connectivity index (χ0) is 11.0. The average Bonchev–Trinajstić information content (AvgIpc) is 2.14. The van der Waals surface area contributed by atoms with Crippen molar-refractivity contribution in [1.29, 1.82) is 0 Å². The molecule has 0 aromatic carbocycles. The van der Waals surface area contributed by atoms with Gasteiger partial charge in [-0.25, -0.2) is 4.79 Å². The van der Waals surface area contributed by atoms with E-state index >= 15 is 0 Å². The number of ketones is 1. The van der Waals surface area contributed by atoms with Crippen LogP contribution in [-0.4, -0.2) is 43.2 Å². The highest BCUT2D eigenvalue weighted by Crippen LogP contribution is 1.94. The number of hydrogen-bond acceptors (Lipinski definition) is 5. The van der Waals surface area contributed by atoms with Crippen LogP contribution in [0.4, 0.5) is 0 Å². The molecule has 0 aromatic heterocycles. The number of hydrogen-bond donors (Lipinski definition) is 1. The van der Waals surface area contributed by atoms with E-state index in [9.17, 15) is 14.4 Å². The number of carboxylic acid groups (broad SMARTS) is 1. The van der Waals surface area contributed by atoms with E-state index < -0.39 is 17.7 Å². The molecule has 0 fully saturated rings. The molecule has 0 rings (SSSR count). The van der Waals surface area contributed by atoms with Crippen molar-refractivity contribution >= 4 is 17.7 Å². The van der Waals surface area contributed by atoms with E-state index in [2.05, 4.69) is 9.47 Å². The Balaban J connectivity index is 3.54. The van der Waals surface area contributed by atoms with Crippen molar-refractivity contribution in [2.45, 2.75) is 12.8 Å². The molecule has 0 saturated carbocycles. The van der Waals surface area contributed by atoms with Gasteiger partial charge in [0.1, 0.15) is 6.61 Å². The summed E-state index contributed by atoms with van der Waals surface area (Å²) in [4.78, 5) is 31.4. The first-order valence-electron chi connectivity index (χ1n) is 3.98. The van der Waals surface area contributed by atoms with Gasteiger partial charge < -0.3 is 14.6 Å². The van der Waals surface area contributed by atoms with Crippen LogP contribution < -0.4 is 0 Å². The number of carboxylic acids is 1. The maximum atomic E-state index is 10.8. The number of Topliss-reactive ketones (excluding diaryl/α,β-unsaturated/α-hetero) is 1. The van der Waals surface area contributed by atoms with Gasteiger partial charge in [-0.3, -0.25) is 9.59 Å². The second-order valence-corrected chi connectivity index (χ2v) is 2.44. The summed E-state index contributed by atoms with van der Waals surface area (Å²) in [6.07, 6.45) is -0.546. The average molecular weight is 204 g/mol. The number of rotatable bonds is 7. The standard InChI is InChI=1S/C8H12O6/c1-13-4-5-14-7(10)3-2-6(9)8(11)12/h2-5H2,1H3,(H,11,12). The lowest BCUT2D eigenvalue weighted by molar-refractivity contribution is -0.151. The molecule has 0 bridgehead atoms. The van der Waals surface area contributed by atoms with Gasteiger partial charge in [0.25, 0.3) is 0 Å². The Morgan fingerprint density at radius 3 is 2.29 bits per heavy atom. The van der Waals surface area contributed by atoms with Gasteiger partial charge in [0, 0.05) is 13.5 Å². The summed E-state index contributed by atoms with van der Waals surface area (Å²) in [6, 6.07) is 0. The van der Waals surface area contributed by atoms with Crippen molar-refractivity contribution < 1.29 is 29.0 Å².